The summed E-state index contributed by atoms with van der Waals surface area (Å²) in [5.41, 5.74) is 7.15. The van der Waals surface area contributed by atoms with Crippen molar-refractivity contribution in [1.29, 1.82) is 0 Å². The van der Waals surface area contributed by atoms with Gasteiger partial charge in [0.15, 0.2) is 0 Å². The molecular formula is C14H21N3S. The SMILES string of the molecule is CC(C)C(CN)c1cncn1CCc1cccs1. The van der Waals surface area contributed by atoms with Crippen LogP contribution in [-0.4, -0.2) is 16.1 Å². The van der Waals surface area contributed by atoms with Crippen LogP contribution in [0, 0.1) is 5.92 Å². The molecule has 0 spiro atoms. The van der Waals surface area contributed by atoms with Crippen LogP contribution in [0.15, 0.2) is 30.0 Å². The summed E-state index contributed by atoms with van der Waals surface area (Å²) in [6.07, 6.45) is 4.95. The summed E-state index contributed by atoms with van der Waals surface area (Å²) >= 11 is 1.81. The lowest BCUT2D eigenvalue weighted by Gasteiger charge is -2.20. The van der Waals surface area contributed by atoms with Gasteiger partial charge in [-0.05, 0) is 23.8 Å². The summed E-state index contributed by atoms with van der Waals surface area (Å²) in [6, 6.07) is 4.29. The highest BCUT2D eigenvalue weighted by Crippen LogP contribution is 2.23. The third-order valence-corrected chi connectivity index (χ3v) is 4.30. The van der Waals surface area contributed by atoms with Crippen LogP contribution in [0.5, 0.6) is 0 Å². The van der Waals surface area contributed by atoms with Gasteiger partial charge in [-0.1, -0.05) is 19.9 Å². The van der Waals surface area contributed by atoms with E-state index in [9.17, 15) is 0 Å². The molecule has 0 amide bonds. The van der Waals surface area contributed by atoms with E-state index in [2.05, 4.69) is 40.9 Å². The number of nitrogens with zero attached hydrogens (tertiary/aromatic N) is 2. The van der Waals surface area contributed by atoms with Crippen LogP contribution >= 0.6 is 11.3 Å². The fourth-order valence-electron chi connectivity index (χ4n) is 2.25. The zero-order valence-corrected chi connectivity index (χ0v) is 11.9. The van der Waals surface area contributed by atoms with E-state index in [1.165, 1.54) is 10.6 Å². The van der Waals surface area contributed by atoms with E-state index in [4.69, 9.17) is 5.73 Å². The molecule has 2 heterocycles. The monoisotopic (exact) mass is 263 g/mol. The lowest BCUT2D eigenvalue weighted by atomic mass is 9.93. The Kier molecular flexibility index (Phi) is 4.55. The molecule has 1 unspecified atom stereocenters. The van der Waals surface area contributed by atoms with Gasteiger partial charge in [0.1, 0.15) is 0 Å². The Morgan fingerprint density at radius 2 is 2.28 bits per heavy atom. The Hall–Kier alpha value is -1.13. The van der Waals surface area contributed by atoms with E-state index in [0.29, 0.717) is 18.4 Å². The van der Waals surface area contributed by atoms with Gasteiger partial charge in [0, 0.05) is 35.8 Å². The molecule has 2 aromatic heterocycles. The molecule has 18 heavy (non-hydrogen) atoms. The first-order valence-corrected chi connectivity index (χ1v) is 7.32. The van der Waals surface area contributed by atoms with Gasteiger partial charge < -0.3 is 10.3 Å². The normalized spacial score (nSPS) is 13.1. The quantitative estimate of drug-likeness (QED) is 0.871. The molecule has 3 nitrogen and oxygen atoms in total. The number of hydrogen-bond donors (Lipinski definition) is 1. The number of rotatable bonds is 6. The predicted molar refractivity (Wildman–Crippen MR) is 76.9 cm³/mol. The van der Waals surface area contributed by atoms with Crippen molar-refractivity contribution < 1.29 is 0 Å². The molecule has 2 aromatic rings. The first-order valence-electron chi connectivity index (χ1n) is 6.45. The number of nitrogens with two attached hydrogens (primary N) is 1. The van der Waals surface area contributed by atoms with Gasteiger partial charge in [0.05, 0.1) is 6.33 Å². The average Bonchev–Trinajstić information content (AvgIpc) is 2.97. The second kappa shape index (κ2) is 6.16. The summed E-state index contributed by atoms with van der Waals surface area (Å²) in [4.78, 5) is 5.70. The van der Waals surface area contributed by atoms with Gasteiger partial charge in [0.2, 0.25) is 0 Å². The van der Waals surface area contributed by atoms with Crippen LogP contribution in [0.4, 0.5) is 0 Å². The van der Waals surface area contributed by atoms with Gasteiger partial charge in [-0.15, -0.1) is 11.3 Å². The predicted octanol–water partition coefficient (Wildman–Crippen LogP) is 2.89. The third-order valence-electron chi connectivity index (χ3n) is 3.36. The smallest absolute Gasteiger partial charge is 0.0948 e. The molecule has 0 saturated heterocycles. The zero-order valence-electron chi connectivity index (χ0n) is 11.0. The molecule has 0 fully saturated rings. The molecule has 0 saturated carbocycles. The molecule has 1 atom stereocenters. The Morgan fingerprint density at radius 3 is 2.89 bits per heavy atom. The number of hydrogen-bond acceptors (Lipinski definition) is 3. The summed E-state index contributed by atoms with van der Waals surface area (Å²) in [5, 5.41) is 2.13. The molecule has 2 N–H and O–H groups in total. The Labute approximate surface area is 113 Å². The average molecular weight is 263 g/mol. The topological polar surface area (TPSA) is 43.8 Å². The summed E-state index contributed by atoms with van der Waals surface area (Å²) in [5.74, 6) is 0.947. The standard InChI is InChI=1S/C14H21N3S/c1-11(2)13(8-15)14-9-16-10-17(14)6-5-12-4-3-7-18-12/h3-4,7,9-11,13H,5-6,8,15H2,1-2H3. The van der Waals surface area contributed by atoms with Crippen molar-refractivity contribution in [2.45, 2.75) is 32.7 Å². The summed E-state index contributed by atoms with van der Waals surface area (Å²) in [6.45, 7) is 6.10. The van der Waals surface area contributed by atoms with Crippen molar-refractivity contribution in [3.05, 3.63) is 40.6 Å². The van der Waals surface area contributed by atoms with E-state index < -0.39 is 0 Å². The fraction of sp³-hybridized carbons (Fsp3) is 0.500. The van der Waals surface area contributed by atoms with Crippen LogP contribution < -0.4 is 5.73 Å². The Morgan fingerprint density at radius 1 is 1.44 bits per heavy atom. The second-order valence-corrected chi connectivity index (χ2v) is 5.96. The van der Waals surface area contributed by atoms with Crippen LogP contribution in [0.1, 0.15) is 30.3 Å². The van der Waals surface area contributed by atoms with Gasteiger partial charge in [-0.2, -0.15) is 0 Å². The zero-order chi connectivity index (χ0) is 13.0. The van der Waals surface area contributed by atoms with Crippen LogP contribution in [-0.2, 0) is 13.0 Å². The number of imidazole rings is 1. The minimum Gasteiger partial charge on any atom is -0.334 e. The second-order valence-electron chi connectivity index (χ2n) is 4.93. The minimum atomic E-state index is 0.399. The summed E-state index contributed by atoms with van der Waals surface area (Å²) < 4.78 is 2.25. The van der Waals surface area contributed by atoms with E-state index in [1.807, 2.05) is 23.9 Å². The lowest BCUT2D eigenvalue weighted by Crippen LogP contribution is -2.21. The largest absolute Gasteiger partial charge is 0.334 e. The molecule has 98 valence electrons. The molecule has 0 bridgehead atoms. The highest BCUT2D eigenvalue weighted by molar-refractivity contribution is 7.09. The maximum Gasteiger partial charge on any atom is 0.0948 e. The van der Waals surface area contributed by atoms with Crippen molar-refractivity contribution in [2.24, 2.45) is 11.7 Å². The number of thiophene rings is 1. The van der Waals surface area contributed by atoms with Gasteiger partial charge in [-0.3, -0.25) is 0 Å². The van der Waals surface area contributed by atoms with E-state index in [0.717, 1.165) is 13.0 Å². The van der Waals surface area contributed by atoms with E-state index >= 15 is 0 Å². The third kappa shape index (κ3) is 3.00. The Bertz CT molecular complexity index is 459. The molecule has 0 aliphatic heterocycles. The first kappa shape index (κ1) is 13.3. The van der Waals surface area contributed by atoms with Crippen LogP contribution in [0.25, 0.3) is 0 Å². The van der Waals surface area contributed by atoms with Gasteiger partial charge >= 0.3 is 0 Å². The van der Waals surface area contributed by atoms with Gasteiger partial charge in [0.25, 0.3) is 0 Å². The number of aromatic nitrogens is 2. The van der Waals surface area contributed by atoms with Crippen molar-refractivity contribution >= 4 is 11.3 Å². The van der Waals surface area contributed by atoms with E-state index in [-0.39, 0.29) is 0 Å². The van der Waals surface area contributed by atoms with Gasteiger partial charge in [-0.25, -0.2) is 4.98 Å². The highest BCUT2D eigenvalue weighted by atomic mass is 32.1. The lowest BCUT2D eigenvalue weighted by molar-refractivity contribution is 0.472. The molecule has 0 aliphatic rings. The Balaban J connectivity index is 2.07. The first-order chi connectivity index (χ1) is 8.72. The van der Waals surface area contributed by atoms with Crippen molar-refractivity contribution in [1.82, 2.24) is 9.55 Å². The van der Waals surface area contributed by atoms with Crippen molar-refractivity contribution in [3.63, 3.8) is 0 Å². The maximum atomic E-state index is 5.89. The van der Waals surface area contributed by atoms with Crippen molar-refractivity contribution in [2.75, 3.05) is 6.54 Å². The maximum absolute atomic E-state index is 5.89. The molecule has 0 radical (unpaired) electrons. The molecular weight excluding hydrogens is 242 g/mol. The summed E-state index contributed by atoms with van der Waals surface area (Å²) in [7, 11) is 0. The highest BCUT2D eigenvalue weighted by Gasteiger charge is 2.17. The molecule has 0 aliphatic carbocycles. The van der Waals surface area contributed by atoms with Crippen LogP contribution in [0.2, 0.25) is 0 Å². The fourth-order valence-corrected chi connectivity index (χ4v) is 2.94. The molecule has 2 rings (SSSR count). The molecule has 0 aromatic carbocycles. The van der Waals surface area contributed by atoms with Crippen LogP contribution in [0.3, 0.4) is 0 Å². The van der Waals surface area contributed by atoms with E-state index in [1.54, 1.807) is 0 Å². The van der Waals surface area contributed by atoms with Crippen molar-refractivity contribution in [3.8, 4) is 0 Å². The number of aryl methyl sites for hydroxylation is 2. The minimum absolute atomic E-state index is 0.399. The molecule has 4 heteroatoms.